The van der Waals surface area contributed by atoms with Gasteiger partial charge in [-0.15, -0.1) is 0 Å². The normalized spacial score (nSPS) is 13.1. The smallest absolute Gasteiger partial charge is 0.334 e. The summed E-state index contributed by atoms with van der Waals surface area (Å²) in [5.74, 6) is -2.41. The fraction of sp³-hybridized carbons (Fsp3) is 0.308. The van der Waals surface area contributed by atoms with E-state index in [2.05, 4.69) is 10.6 Å². The van der Waals surface area contributed by atoms with Crippen LogP contribution in [0.5, 0.6) is 0 Å². The number of amides is 2. The summed E-state index contributed by atoms with van der Waals surface area (Å²) in [6.45, 7) is 1.04. The summed E-state index contributed by atoms with van der Waals surface area (Å²) in [7, 11) is 0. The quantitative estimate of drug-likeness (QED) is 0.553. The molecule has 0 fully saturated rings. The van der Waals surface area contributed by atoms with Crippen molar-refractivity contribution in [1.82, 2.24) is 10.6 Å². The Bertz CT molecular complexity index is 489. The summed E-state index contributed by atoms with van der Waals surface area (Å²) in [5.41, 5.74) is 0.415. The minimum Gasteiger partial charge on any atom is -0.479 e. The molecular formula is C13H16N2O5. The van der Waals surface area contributed by atoms with E-state index in [9.17, 15) is 14.4 Å². The van der Waals surface area contributed by atoms with Gasteiger partial charge >= 0.3 is 5.97 Å². The first kappa shape index (κ1) is 15.6. The summed E-state index contributed by atoms with van der Waals surface area (Å²) in [6, 6.07) is 7.53. The van der Waals surface area contributed by atoms with Crippen molar-refractivity contribution >= 4 is 17.8 Å². The summed E-state index contributed by atoms with van der Waals surface area (Å²) < 4.78 is 0. The van der Waals surface area contributed by atoms with E-state index in [4.69, 9.17) is 10.2 Å². The van der Waals surface area contributed by atoms with Gasteiger partial charge in [0.1, 0.15) is 6.04 Å². The highest BCUT2D eigenvalue weighted by molar-refractivity contribution is 5.97. The van der Waals surface area contributed by atoms with Crippen LogP contribution in [0.2, 0.25) is 0 Å². The Labute approximate surface area is 115 Å². The lowest BCUT2D eigenvalue weighted by molar-refractivity contribution is -0.146. The number of carboxylic acids is 1. The molecule has 7 heteroatoms. The van der Waals surface area contributed by atoms with E-state index in [0.29, 0.717) is 5.56 Å². The number of carboxylic acid groups (broad SMARTS) is 1. The van der Waals surface area contributed by atoms with Crippen molar-refractivity contribution in [2.24, 2.45) is 0 Å². The average molecular weight is 280 g/mol. The second-order valence-corrected chi connectivity index (χ2v) is 4.16. The molecule has 0 heterocycles. The Kier molecular flexibility index (Phi) is 5.67. The molecule has 0 saturated carbocycles. The van der Waals surface area contributed by atoms with Gasteiger partial charge in [-0.05, 0) is 19.1 Å². The molecule has 0 spiro atoms. The molecule has 1 aromatic rings. The summed E-state index contributed by atoms with van der Waals surface area (Å²) >= 11 is 0. The van der Waals surface area contributed by atoms with Gasteiger partial charge in [-0.2, -0.15) is 0 Å². The molecule has 2 atom stereocenters. The van der Waals surface area contributed by atoms with Crippen molar-refractivity contribution in [3.05, 3.63) is 35.9 Å². The molecule has 0 aliphatic heterocycles. The van der Waals surface area contributed by atoms with Crippen LogP contribution in [-0.4, -0.2) is 46.7 Å². The molecule has 0 aliphatic rings. The number of aliphatic carboxylic acids is 1. The molecule has 108 valence electrons. The number of nitrogens with one attached hydrogen (secondary N) is 2. The number of aliphatic hydroxyl groups is 1. The monoisotopic (exact) mass is 280 g/mol. The van der Waals surface area contributed by atoms with Crippen LogP contribution in [0, 0.1) is 0 Å². The standard InChI is InChI=1S/C13H16N2O5/c1-8(11(17)14-7-10(16)13(19)20)15-12(18)9-5-3-2-4-6-9/h2-6,8,10,16H,7H2,1H3,(H,14,17)(H,15,18)(H,19,20)/t8?,10-/m0/s1. The third kappa shape index (κ3) is 4.69. The van der Waals surface area contributed by atoms with Crippen LogP contribution in [0.4, 0.5) is 0 Å². The van der Waals surface area contributed by atoms with E-state index in [-0.39, 0.29) is 0 Å². The van der Waals surface area contributed by atoms with Crippen LogP contribution in [0.1, 0.15) is 17.3 Å². The first-order valence-electron chi connectivity index (χ1n) is 5.96. The summed E-state index contributed by atoms with van der Waals surface area (Å²) in [6.07, 6.45) is -1.67. The van der Waals surface area contributed by atoms with Crippen LogP contribution in [0.25, 0.3) is 0 Å². The maximum atomic E-state index is 11.8. The lowest BCUT2D eigenvalue weighted by atomic mass is 10.2. The van der Waals surface area contributed by atoms with Gasteiger partial charge in [0.25, 0.3) is 5.91 Å². The largest absolute Gasteiger partial charge is 0.479 e. The predicted octanol–water partition coefficient (Wildman–Crippen LogP) is -0.633. The molecule has 1 rings (SSSR count). The Morgan fingerprint density at radius 3 is 2.35 bits per heavy atom. The van der Waals surface area contributed by atoms with Crippen molar-refractivity contribution in [2.45, 2.75) is 19.1 Å². The lowest BCUT2D eigenvalue weighted by Gasteiger charge is -2.15. The molecule has 0 bridgehead atoms. The number of hydrogen-bond acceptors (Lipinski definition) is 4. The molecule has 1 unspecified atom stereocenters. The predicted molar refractivity (Wildman–Crippen MR) is 70.0 cm³/mol. The highest BCUT2D eigenvalue weighted by Crippen LogP contribution is 1.98. The maximum Gasteiger partial charge on any atom is 0.334 e. The SMILES string of the molecule is CC(NC(=O)c1ccccc1)C(=O)NC[C@H](O)C(=O)O. The van der Waals surface area contributed by atoms with Crippen LogP contribution in [0.15, 0.2) is 30.3 Å². The first-order chi connectivity index (χ1) is 9.41. The molecule has 1 aromatic carbocycles. The van der Waals surface area contributed by atoms with Crippen LogP contribution in [0.3, 0.4) is 0 Å². The maximum absolute atomic E-state index is 11.8. The molecule has 2 amide bonds. The molecule has 0 aromatic heterocycles. The Morgan fingerprint density at radius 2 is 1.80 bits per heavy atom. The molecule has 0 radical (unpaired) electrons. The molecule has 7 nitrogen and oxygen atoms in total. The second kappa shape index (κ2) is 7.25. The van der Waals surface area contributed by atoms with Crippen molar-refractivity contribution < 1.29 is 24.6 Å². The first-order valence-corrected chi connectivity index (χ1v) is 5.96. The number of aliphatic hydroxyl groups excluding tert-OH is 1. The van der Waals surface area contributed by atoms with Gasteiger partial charge in [-0.3, -0.25) is 9.59 Å². The zero-order valence-corrected chi connectivity index (χ0v) is 10.9. The fourth-order valence-electron chi connectivity index (χ4n) is 1.37. The molecule has 4 N–H and O–H groups in total. The van der Waals surface area contributed by atoms with Crippen molar-refractivity contribution in [3.8, 4) is 0 Å². The Hall–Kier alpha value is -2.41. The Morgan fingerprint density at radius 1 is 1.20 bits per heavy atom. The lowest BCUT2D eigenvalue weighted by Crippen LogP contribution is -2.47. The summed E-state index contributed by atoms with van der Waals surface area (Å²) in [4.78, 5) is 33.8. The van der Waals surface area contributed by atoms with E-state index in [1.807, 2.05) is 0 Å². The third-order valence-electron chi connectivity index (χ3n) is 2.53. The number of carbonyl (C=O) groups excluding carboxylic acids is 2. The van der Waals surface area contributed by atoms with Gasteiger partial charge in [0.05, 0.1) is 6.54 Å². The van der Waals surface area contributed by atoms with Crippen LogP contribution < -0.4 is 10.6 Å². The van der Waals surface area contributed by atoms with Crippen LogP contribution in [-0.2, 0) is 9.59 Å². The van der Waals surface area contributed by atoms with E-state index in [1.54, 1.807) is 30.3 Å². The molecule has 20 heavy (non-hydrogen) atoms. The Balaban J connectivity index is 2.46. The number of rotatable bonds is 6. The highest BCUT2D eigenvalue weighted by atomic mass is 16.4. The molecular weight excluding hydrogens is 264 g/mol. The van der Waals surface area contributed by atoms with E-state index in [1.165, 1.54) is 6.92 Å². The zero-order valence-electron chi connectivity index (χ0n) is 10.9. The van der Waals surface area contributed by atoms with Crippen molar-refractivity contribution in [2.75, 3.05) is 6.54 Å². The van der Waals surface area contributed by atoms with E-state index >= 15 is 0 Å². The van der Waals surface area contributed by atoms with Gasteiger partial charge in [0, 0.05) is 5.56 Å². The summed E-state index contributed by atoms with van der Waals surface area (Å²) in [5, 5.41) is 22.2. The minimum atomic E-state index is -1.67. The van der Waals surface area contributed by atoms with Gasteiger partial charge in [0.15, 0.2) is 6.10 Å². The number of carbonyl (C=O) groups is 3. The highest BCUT2D eigenvalue weighted by Gasteiger charge is 2.19. The van der Waals surface area contributed by atoms with Gasteiger partial charge in [0.2, 0.25) is 5.91 Å². The van der Waals surface area contributed by atoms with Crippen molar-refractivity contribution in [3.63, 3.8) is 0 Å². The van der Waals surface area contributed by atoms with Gasteiger partial charge in [-0.25, -0.2) is 4.79 Å². The fourth-order valence-corrected chi connectivity index (χ4v) is 1.37. The van der Waals surface area contributed by atoms with Crippen LogP contribution >= 0.6 is 0 Å². The number of benzene rings is 1. The van der Waals surface area contributed by atoms with Gasteiger partial charge in [-0.1, -0.05) is 18.2 Å². The van der Waals surface area contributed by atoms with E-state index in [0.717, 1.165) is 0 Å². The van der Waals surface area contributed by atoms with Crippen molar-refractivity contribution in [1.29, 1.82) is 0 Å². The second-order valence-electron chi connectivity index (χ2n) is 4.16. The number of hydrogen-bond donors (Lipinski definition) is 4. The third-order valence-corrected chi connectivity index (χ3v) is 2.53. The molecule has 0 aliphatic carbocycles. The molecule has 0 saturated heterocycles. The average Bonchev–Trinajstić information content (AvgIpc) is 2.44. The van der Waals surface area contributed by atoms with Gasteiger partial charge < -0.3 is 20.8 Å². The topological polar surface area (TPSA) is 116 Å². The minimum absolute atomic E-state index is 0.410. The van der Waals surface area contributed by atoms with E-state index < -0.39 is 36.5 Å². The zero-order chi connectivity index (χ0) is 15.1.